The van der Waals surface area contributed by atoms with Crippen molar-refractivity contribution in [1.29, 1.82) is 0 Å². The third-order valence-corrected chi connectivity index (χ3v) is 2.75. The fraction of sp³-hybridized carbons (Fsp3) is 0.300. The molecule has 0 atom stereocenters. The van der Waals surface area contributed by atoms with Crippen molar-refractivity contribution in [2.24, 2.45) is 0 Å². The molecular weight excluding hydrogens is 184 g/mol. The summed E-state index contributed by atoms with van der Waals surface area (Å²) in [5.41, 5.74) is 2.33. The number of pyridine rings is 1. The van der Waals surface area contributed by atoms with Crippen LogP contribution in [0.25, 0.3) is 11.0 Å². The van der Waals surface area contributed by atoms with Crippen LogP contribution in [-0.4, -0.2) is 9.97 Å². The summed E-state index contributed by atoms with van der Waals surface area (Å²) in [7, 11) is 0. The van der Waals surface area contributed by atoms with E-state index in [9.17, 15) is 0 Å². The number of nitrogens with one attached hydrogen (secondary N) is 1. The van der Waals surface area contributed by atoms with Crippen LogP contribution >= 0.6 is 11.6 Å². The first-order valence-electron chi connectivity index (χ1n) is 4.47. The zero-order valence-electron chi connectivity index (χ0n) is 7.05. The van der Waals surface area contributed by atoms with E-state index in [-0.39, 0.29) is 0 Å². The van der Waals surface area contributed by atoms with Crippen molar-refractivity contribution in [3.05, 3.63) is 29.0 Å². The van der Waals surface area contributed by atoms with E-state index in [1.54, 1.807) is 6.20 Å². The smallest absolute Gasteiger partial charge is 0.137 e. The fourth-order valence-electron chi connectivity index (χ4n) is 1.73. The van der Waals surface area contributed by atoms with Crippen molar-refractivity contribution in [3.8, 4) is 0 Å². The first kappa shape index (κ1) is 7.39. The molecule has 0 spiro atoms. The number of fused-ring (bicyclic) bond motifs is 1. The summed E-state index contributed by atoms with van der Waals surface area (Å²) in [6.45, 7) is 0. The Hall–Kier alpha value is -1.02. The van der Waals surface area contributed by atoms with Gasteiger partial charge in [-0.1, -0.05) is 11.6 Å². The number of rotatable bonds is 1. The second kappa shape index (κ2) is 2.48. The normalized spacial score (nSPS) is 16.7. The minimum Gasteiger partial charge on any atom is -0.346 e. The van der Waals surface area contributed by atoms with Crippen LogP contribution in [0.3, 0.4) is 0 Å². The van der Waals surface area contributed by atoms with Crippen LogP contribution in [0, 0.1) is 0 Å². The molecule has 13 heavy (non-hydrogen) atoms. The summed E-state index contributed by atoms with van der Waals surface area (Å²) in [6, 6.07) is 1.99. The Morgan fingerprint density at radius 2 is 2.31 bits per heavy atom. The molecular formula is C10H9ClN2. The second-order valence-electron chi connectivity index (χ2n) is 3.57. The first-order valence-corrected chi connectivity index (χ1v) is 4.85. The minimum atomic E-state index is 0.717. The van der Waals surface area contributed by atoms with E-state index in [0.29, 0.717) is 5.02 Å². The maximum Gasteiger partial charge on any atom is 0.137 e. The zero-order chi connectivity index (χ0) is 8.84. The van der Waals surface area contributed by atoms with Crippen LogP contribution in [-0.2, 0) is 0 Å². The Bertz CT molecular complexity index is 457. The van der Waals surface area contributed by atoms with E-state index >= 15 is 0 Å². The highest BCUT2D eigenvalue weighted by atomic mass is 35.5. The Morgan fingerprint density at radius 3 is 3.08 bits per heavy atom. The molecule has 2 nitrogen and oxygen atoms in total. The Kier molecular flexibility index (Phi) is 1.41. The van der Waals surface area contributed by atoms with E-state index in [2.05, 4.69) is 16.2 Å². The number of nitrogens with zero attached hydrogens (tertiary/aromatic N) is 1. The monoisotopic (exact) mass is 192 g/mol. The van der Waals surface area contributed by atoms with Crippen LogP contribution in [0.4, 0.5) is 0 Å². The van der Waals surface area contributed by atoms with E-state index in [1.807, 2.05) is 6.07 Å². The molecule has 2 aromatic rings. The van der Waals surface area contributed by atoms with Gasteiger partial charge in [0.15, 0.2) is 0 Å². The van der Waals surface area contributed by atoms with Crippen LogP contribution in [0.2, 0.25) is 5.02 Å². The molecule has 0 unspecified atom stereocenters. The molecule has 1 fully saturated rings. The molecule has 2 heterocycles. The van der Waals surface area contributed by atoms with Crippen molar-refractivity contribution in [1.82, 2.24) is 9.97 Å². The highest BCUT2D eigenvalue weighted by Gasteiger charge is 2.26. The zero-order valence-corrected chi connectivity index (χ0v) is 7.80. The van der Waals surface area contributed by atoms with Crippen molar-refractivity contribution >= 4 is 22.6 Å². The Morgan fingerprint density at radius 1 is 1.46 bits per heavy atom. The molecule has 66 valence electrons. The maximum absolute atomic E-state index is 5.90. The summed E-state index contributed by atoms with van der Waals surface area (Å²) in [5.74, 6) is 0.744. The molecule has 3 heteroatoms. The van der Waals surface area contributed by atoms with Crippen molar-refractivity contribution in [3.63, 3.8) is 0 Å². The lowest BCUT2D eigenvalue weighted by atomic mass is 10.1. The molecule has 3 rings (SSSR count). The van der Waals surface area contributed by atoms with E-state index in [4.69, 9.17) is 11.6 Å². The van der Waals surface area contributed by atoms with Gasteiger partial charge in [0.05, 0.1) is 5.02 Å². The number of aromatic amines is 1. The van der Waals surface area contributed by atoms with Crippen LogP contribution < -0.4 is 0 Å². The van der Waals surface area contributed by atoms with E-state index in [1.165, 1.54) is 23.8 Å². The molecule has 0 aromatic carbocycles. The third-order valence-electron chi connectivity index (χ3n) is 2.55. The van der Waals surface area contributed by atoms with Gasteiger partial charge in [0.1, 0.15) is 5.65 Å². The third kappa shape index (κ3) is 1.13. The quantitative estimate of drug-likeness (QED) is 0.739. The van der Waals surface area contributed by atoms with Gasteiger partial charge in [-0.2, -0.15) is 0 Å². The lowest BCUT2D eigenvalue weighted by molar-refractivity contribution is 1.15. The predicted molar refractivity (Wildman–Crippen MR) is 53.1 cm³/mol. The van der Waals surface area contributed by atoms with Gasteiger partial charge < -0.3 is 4.98 Å². The van der Waals surface area contributed by atoms with Gasteiger partial charge in [-0.05, 0) is 30.4 Å². The second-order valence-corrected chi connectivity index (χ2v) is 4.00. The highest BCUT2D eigenvalue weighted by molar-refractivity contribution is 6.31. The largest absolute Gasteiger partial charge is 0.346 e. The Balaban J connectivity index is 2.29. The molecule has 1 N–H and O–H groups in total. The summed E-state index contributed by atoms with van der Waals surface area (Å²) in [4.78, 5) is 7.39. The first-order chi connectivity index (χ1) is 6.34. The highest BCUT2D eigenvalue weighted by Crippen LogP contribution is 2.43. The summed E-state index contributed by atoms with van der Waals surface area (Å²) < 4.78 is 0. The van der Waals surface area contributed by atoms with Crippen molar-refractivity contribution in [2.45, 2.75) is 18.8 Å². The fourth-order valence-corrected chi connectivity index (χ4v) is 1.89. The SMILES string of the molecule is Clc1cnc2[nH]cc(C3CC3)c2c1. The number of halogens is 1. The average molecular weight is 193 g/mol. The number of hydrogen-bond acceptors (Lipinski definition) is 1. The van der Waals surface area contributed by atoms with Crippen LogP contribution in [0.15, 0.2) is 18.5 Å². The van der Waals surface area contributed by atoms with E-state index in [0.717, 1.165) is 11.6 Å². The molecule has 0 radical (unpaired) electrons. The lowest BCUT2D eigenvalue weighted by Gasteiger charge is -1.94. The van der Waals surface area contributed by atoms with Crippen molar-refractivity contribution < 1.29 is 0 Å². The molecule has 0 aliphatic heterocycles. The van der Waals surface area contributed by atoms with Crippen LogP contribution in [0.1, 0.15) is 24.3 Å². The summed E-state index contributed by atoms with van der Waals surface area (Å²) >= 11 is 5.90. The number of aromatic nitrogens is 2. The minimum absolute atomic E-state index is 0.717. The average Bonchev–Trinajstić information content (AvgIpc) is 2.87. The molecule has 1 saturated carbocycles. The molecule has 1 aliphatic carbocycles. The van der Waals surface area contributed by atoms with Gasteiger partial charge in [-0.25, -0.2) is 4.98 Å². The van der Waals surface area contributed by atoms with Gasteiger partial charge in [0, 0.05) is 17.8 Å². The van der Waals surface area contributed by atoms with Gasteiger partial charge in [-0.3, -0.25) is 0 Å². The molecule has 0 bridgehead atoms. The van der Waals surface area contributed by atoms with Gasteiger partial charge >= 0.3 is 0 Å². The maximum atomic E-state index is 5.90. The Labute approximate surface area is 80.9 Å². The molecule has 2 aromatic heterocycles. The summed E-state index contributed by atoms with van der Waals surface area (Å²) in [6.07, 6.45) is 6.35. The van der Waals surface area contributed by atoms with E-state index < -0.39 is 0 Å². The van der Waals surface area contributed by atoms with Gasteiger partial charge in [0.2, 0.25) is 0 Å². The molecule has 0 saturated heterocycles. The number of hydrogen-bond donors (Lipinski definition) is 1. The topological polar surface area (TPSA) is 28.7 Å². The molecule has 1 aliphatic rings. The van der Waals surface area contributed by atoms with Gasteiger partial charge in [-0.15, -0.1) is 0 Å². The lowest BCUT2D eigenvalue weighted by Crippen LogP contribution is -1.77. The molecule has 0 amide bonds. The standard InChI is InChI=1S/C10H9ClN2/c11-7-3-8-9(6-1-2-6)5-13-10(8)12-4-7/h3-6H,1-2H2,(H,12,13). The van der Waals surface area contributed by atoms with Gasteiger partial charge in [0.25, 0.3) is 0 Å². The number of H-pyrrole nitrogens is 1. The van der Waals surface area contributed by atoms with Crippen LogP contribution in [0.5, 0.6) is 0 Å². The predicted octanol–water partition coefficient (Wildman–Crippen LogP) is 3.09. The summed E-state index contributed by atoms with van der Waals surface area (Å²) in [5, 5.41) is 1.91. The van der Waals surface area contributed by atoms with Crippen molar-refractivity contribution in [2.75, 3.05) is 0 Å².